The minimum atomic E-state index is -0.389. The number of nitrogens with two attached hydrogens (primary N) is 1. The van der Waals surface area contributed by atoms with Gasteiger partial charge in [0, 0.05) is 31.6 Å². The van der Waals surface area contributed by atoms with Crippen LogP contribution in [-0.4, -0.2) is 57.0 Å². The predicted molar refractivity (Wildman–Crippen MR) is 99.7 cm³/mol. The van der Waals surface area contributed by atoms with Crippen molar-refractivity contribution in [2.75, 3.05) is 31.2 Å². The fourth-order valence-electron chi connectivity index (χ4n) is 2.82. The van der Waals surface area contributed by atoms with Gasteiger partial charge < -0.3 is 16.1 Å². The molecule has 0 bridgehead atoms. The van der Waals surface area contributed by atoms with Gasteiger partial charge in [-0.25, -0.2) is 9.07 Å². The second-order valence-corrected chi connectivity index (χ2v) is 7.11. The zero-order valence-electron chi connectivity index (χ0n) is 14.7. The number of halogens is 1. The van der Waals surface area contributed by atoms with E-state index in [9.17, 15) is 14.0 Å². The summed E-state index contributed by atoms with van der Waals surface area (Å²) in [6.07, 6.45) is 2.26. The summed E-state index contributed by atoms with van der Waals surface area (Å²) < 4.78 is 14.6. The molecule has 0 saturated carbocycles. The van der Waals surface area contributed by atoms with Gasteiger partial charge in [0.15, 0.2) is 5.82 Å². The summed E-state index contributed by atoms with van der Waals surface area (Å²) in [4.78, 5) is 25.3. The van der Waals surface area contributed by atoms with Gasteiger partial charge in [0.2, 0.25) is 17.0 Å². The van der Waals surface area contributed by atoms with Crippen molar-refractivity contribution < 1.29 is 14.0 Å². The molecular weight excluding hydrogens is 371 g/mol. The Bertz CT molecular complexity index is 828. The summed E-state index contributed by atoms with van der Waals surface area (Å²) in [6.45, 7) is 1.98. The Hall–Kier alpha value is -2.62. The van der Waals surface area contributed by atoms with Gasteiger partial charge >= 0.3 is 0 Å². The molecule has 0 aliphatic carbocycles. The van der Waals surface area contributed by atoms with E-state index in [1.807, 2.05) is 4.90 Å². The third-order valence-electron chi connectivity index (χ3n) is 4.18. The van der Waals surface area contributed by atoms with Crippen LogP contribution in [0.15, 0.2) is 29.4 Å². The summed E-state index contributed by atoms with van der Waals surface area (Å²) in [5.74, 6) is 6.07. The van der Waals surface area contributed by atoms with Crippen molar-refractivity contribution in [3.8, 4) is 11.4 Å². The molecule has 1 saturated heterocycles. The quantitative estimate of drug-likeness (QED) is 0.395. The molecule has 0 atom stereocenters. The van der Waals surface area contributed by atoms with Crippen LogP contribution >= 0.6 is 11.8 Å². The first-order chi connectivity index (χ1) is 13.0. The van der Waals surface area contributed by atoms with E-state index in [0.29, 0.717) is 36.1 Å². The Morgan fingerprint density at radius 1 is 1.37 bits per heavy atom. The van der Waals surface area contributed by atoms with Gasteiger partial charge in [-0.05, 0) is 25.0 Å². The van der Waals surface area contributed by atoms with Gasteiger partial charge in [-0.15, -0.1) is 10.2 Å². The van der Waals surface area contributed by atoms with Crippen LogP contribution in [0.5, 0.6) is 0 Å². The first-order valence-corrected chi connectivity index (χ1v) is 9.67. The molecule has 0 unspecified atom stereocenters. The Kier molecular flexibility index (Phi) is 6.28. The number of likely N-dealkylation sites (tertiary alicyclic amines) is 1. The molecule has 1 aromatic carbocycles. The molecule has 1 aliphatic rings. The highest BCUT2D eigenvalue weighted by Gasteiger charge is 2.19. The average molecular weight is 392 g/mol. The molecule has 144 valence electrons. The largest absolute Gasteiger partial charge is 0.355 e. The lowest BCUT2D eigenvalue weighted by Crippen LogP contribution is -2.31. The number of aromatic nitrogens is 3. The maximum absolute atomic E-state index is 13.3. The molecule has 2 aromatic rings. The number of rotatable bonds is 8. The molecule has 3 rings (SSSR count). The molecule has 10 heteroatoms. The van der Waals surface area contributed by atoms with Crippen molar-refractivity contribution in [3.05, 3.63) is 30.1 Å². The third kappa shape index (κ3) is 4.97. The van der Waals surface area contributed by atoms with Crippen LogP contribution in [0, 0.1) is 5.82 Å². The Morgan fingerprint density at radius 2 is 2.22 bits per heavy atom. The Balaban J connectivity index is 1.43. The molecule has 1 aliphatic heterocycles. The van der Waals surface area contributed by atoms with E-state index in [2.05, 4.69) is 15.5 Å². The molecule has 2 heterocycles. The van der Waals surface area contributed by atoms with Crippen LogP contribution in [0.3, 0.4) is 0 Å². The number of benzene rings is 1. The summed E-state index contributed by atoms with van der Waals surface area (Å²) in [7, 11) is 0. The number of nitrogen functional groups attached to an aromatic ring is 1. The number of nitrogens with one attached hydrogen (secondary N) is 1. The lowest BCUT2D eigenvalue weighted by Gasteiger charge is -2.15. The van der Waals surface area contributed by atoms with Gasteiger partial charge in [0.1, 0.15) is 5.82 Å². The molecule has 1 fully saturated rings. The number of nitrogens with zero attached hydrogens (tertiary/aromatic N) is 4. The molecule has 2 amide bonds. The van der Waals surface area contributed by atoms with E-state index in [1.165, 1.54) is 16.8 Å². The molecule has 0 spiro atoms. The van der Waals surface area contributed by atoms with Gasteiger partial charge in [0.25, 0.3) is 0 Å². The van der Waals surface area contributed by atoms with E-state index in [0.717, 1.165) is 31.1 Å². The highest BCUT2D eigenvalue weighted by atomic mass is 32.2. The zero-order chi connectivity index (χ0) is 19.2. The Morgan fingerprint density at radius 3 is 2.96 bits per heavy atom. The monoisotopic (exact) mass is 392 g/mol. The minimum Gasteiger partial charge on any atom is -0.355 e. The molecule has 0 radical (unpaired) electrons. The molecular formula is C17H21FN6O2S. The first-order valence-electron chi connectivity index (χ1n) is 8.68. The smallest absolute Gasteiger partial charge is 0.230 e. The van der Waals surface area contributed by atoms with Crippen molar-refractivity contribution in [3.63, 3.8) is 0 Å². The number of amides is 2. The van der Waals surface area contributed by atoms with Gasteiger partial charge in [0.05, 0.1) is 5.75 Å². The second kappa shape index (κ2) is 8.85. The van der Waals surface area contributed by atoms with E-state index in [4.69, 9.17) is 5.84 Å². The normalized spacial score (nSPS) is 14.0. The fraction of sp³-hybridized carbons (Fsp3) is 0.412. The van der Waals surface area contributed by atoms with Gasteiger partial charge in [-0.1, -0.05) is 23.9 Å². The summed E-state index contributed by atoms with van der Waals surface area (Å²) in [5.41, 5.74) is 0.512. The highest BCUT2D eigenvalue weighted by Crippen LogP contribution is 2.21. The molecule has 3 N–H and O–H groups in total. The number of carbonyl (C=O) groups excluding carboxylic acids is 2. The third-order valence-corrected chi connectivity index (χ3v) is 5.12. The Labute approximate surface area is 160 Å². The number of hydrogen-bond donors (Lipinski definition) is 2. The standard InChI is InChI=1S/C17H21FN6O2S/c18-13-5-1-4-12(10-13)16-21-22-17(24(16)19)27-11-14(25)20-7-3-9-23-8-2-6-15(23)26/h1,4-5,10H,2-3,6-9,11,19H2,(H,20,25). The van der Waals surface area contributed by atoms with Crippen molar-refractivity contribution in [2.45, 2.75) is 24.4 Å². The SMILES string of the molecule is Nn1c(SCC(=O)NCCCN2CCCC2=O)nnc1-c1cccc(F)c1. The first kappa shape index (κ1) is 19.2. The maximum atomic E-state index is 13.3. The zero-order valence-corrected chi connectivity index (χ0v) is 15.5. The van der Waals surface area contributed by atoms with Crippen molar-refractivity contribution in [2.24, 2.45) is 0 Å². The fourth-order valence-corrected chi connectivity index (χ4v) is 3.51. The van der Waals surface area contributed by atoms with Crippen LogP contribution in [0.4, 0.5) is 4.39 Å². The molecule has 1 aromatic heterocycles. The van der Waals surface area contributed by atoms with Crippen molar-refractivity contribution in [1.82, 2.24) is 25.1 Å². The lowest BCUT2D eigenvalue weighted by atomic mass is 10.2. The van der Waals surface area contributed by atoms with E-state index in [1.54, 1.807) is 12.1 Å². The molecule has 27 heavy (non-hydrogen) atoms. The minimum absolute atomic E-state index is 0.140. The summed E-state index contributed by atoms with van der Waals surface area (Å²) >= 11 is 1.15. The van der Waals surface area contributed by atoms with Crippen LogP contribution in [0.25, 0.3) is 11.4 Å². The highest BCUT2D eigenvalue weighted by molar-refractivity contribution is 7.99. The molecule has 8 nitrogen and oxygen atoms in total. The van der Waals surface area contributed by atoms with Gasteiger partial charge in [-0.3, -0.25) is 9.59 Å². The summed E-state index contributed by atoms with van der Waals surface area (Å²) in [6, 6.07) is 5.90. The average Bonchev–Trinajstić information content (AvgIpc) is 3.22. The number of hydrogen-bond acceptors (Lipinski definition) is 6. The predicted octanol–water partition coefficient (Wildman–Crippen LogP) is 1.02. The maximum Gasteiger partial charge on any atom is 0.230 e. The van der Waals surface area contributed by atoms with Crippen LogP contribution in [0.1, 0.15) is 19.3 Å². The van der Waals surface area contributed by atoms with Crippen LogP contribution in [0.2, 0.25) is 0 Å². The topological polar surface area (TPSA) is 106 Å². The van der Waals surface area contributed by atoms with Crippen molar-refractivity contribution in [1.29, 1.82) is 0 Å². The second-order valence-electron chi connectivity index (χ2n) is 6.16. The van der Waals surface area contributed by atoms with Gasteiger partial charge in [-0.2, -0.15) is 0 Å². The van der Waals surface area contributed by atoms with Crippen molar-refractivity contribution >= 4 is 23.6 Å². The van der Waals surface area contributed by atoms with E-state index in [-0.39, 0.29) is 23.4 Å². The lowest BCUT2D eigenvalue weighted by molar-refractivity contribution is -0.127. The van der Waals surface area contributed by atoms with Crippen LogP contribution < -0.4 is 11.2 Å². The summed E-state index contributed by atoms with van der Waals surface area (Å²) in [5, 5.41) is 11.1. The van der Waals surface area contributed by atoms with Crippen LogP contribution in [-0.2, 0) is 9.59 Å². The number of carbonyl (C=O) groups is 2. The van der Waals surface area contributed by atoms with E-state index >= 15 is 0 Å². The number of thioether (sulfide) groups is 1. The van der Waals surface area contributed by atoms with E-state index < -0.39 is 0 Å².